The van der Waals surface area contributed by atoms with Gasteiger partial charge < -0.3 is 15.5 Å². The molecule has 0 heterocycles. The summed E-state index contributed by atoms with van der Waals surface area (Å²) >= 11 is 0. The molecule has 0 spiro atoms. The molecule has 0 aliphatic carbocycles. The standard InChI is InChI=1S/C4H10N2O5/c1-5(7)3-4-6(8)10-11-9-2/h3-4H2,1-2H3/q-2. The molecule has 0 aromatic carbocycles. The minimum atomic E-state index is -0.108. The Kier molecular flexibility index (Phi) is 6.27. The molecule has 0 N–H and O–H groups in total. The van der Waals surface area contributed by atoms with E-state index in [1.165, 1.54) is 14.2 Å². The summed E-state index contributed by atoms with van der Waals surface area (Å²) in [6.45, 7) is -0.0695. The molecule has 0 atom stereocenters. The van der Waals surface area contributed by atoms with E-state index in [2.05, 4.69) is 14.9 Å². The molecule has 0 amide bonds. The van der Waals surface area contributed by atoms with Crippen LogP contribution in [0.15, 0.2) is 0 Å². The molecule has 0 aromatic heterocycles. The number of hydroxylamine groups is 4. The summed E-state index contributed by atoms with van der Waals surface area (Å²) in [5, 5.41) is 25.2. The summed E-state index contributed by atoms with van der Waals surface area (Å²) in [5.41, 5.74) is 0. The van der Waals surface area contributed by atoms with Crippen LogP contribution in [0, 0.1) is 10.4 Å². The zero-order valence-corrected chi connectivity index (χ0v) is 6.35. The lowest BCUT2D eigenvalue weighted by atomic mass is 10.6. The van der Waals surface area contributed by atoms with E-state index in [-0.39, 0.29) is 18.3 Å². The first kappa shape index (κ1) is 10.7. The lowest BCUT2D eigenvalue weighted by Gasteiger charge is -2.28. The first-order valence-corrected chi connectivity index (χ1v) is 2.87. The fraction of sp³-hybridized carbons (Fsp3) is 1.00. The Labute approximate surface area is 64.0 Å². The summed E-state index contributed by atoms with van der Waals surface area (Å²) < 4.78 is 0. The van der Waals surface area contributed by atoms with Gasteiger partial charge in [-0.15, -0.1) is 4.99 Å². The molecule has 7 heteroatoms. The quantitative estimate of drug-likeness (QED) is 0.393. The molecule has 0 rings (SSSR count). The van der Waals surface area contributed by atoms with E-state index in [1.807, 2.05) is 0 Å². The SMILES string of the molecule is COOON([O-])CCN(C)[O-]. The Bertz CT molecular complexity index is 90.6. The lowest BCUT2D eigenvalue weighted by molar-refractivity contribution is -0.565. The van der Waals surface area contributed by atoms with Crippen molar-refractivity contribution in [3.05, 3.63) is 10.4 Å². The van der Waals surface area contributed by atoms with Crippen LogP contribution >= 0.6 is 0 Å². The van der Waals surface area contributed by atoms with Crippen LogP contribution in [-0.4, -0.2) is 37.5 Å². The maximum atomic E-state index is 10.4. The van der Waals surface area contributed by atoms with E-state index < -0.39 is 0 Å². The Morgan fingerprint density at radius 3 is 2.36 bits per heavy atom. The second-order valence-corrected chi connectivity index (χ2v) is 1.72. The van der Waals surface area contributed by atoms with E-state index in [0.29, 0.717) is 5.06 Å². The highest BCUT2D eigenvalue weighted by atomic mass is 17.6. The molecular formula is C4H10N2O5-2. The molecular weight excluding hydrogens is 156 g/mol. The first-order valence-electron chi connectivity index (χ1n) is 2.87. The van der Waals surface area contributed by atoms with Crippen LogP contribution in [0.3, 0.4) is 0 Å². The minimum absolute atomic E-state index is 0.0383. The second kappa shape index (κ2) is 6.43. The predicted octanol–water partition coefficient (Wildman–Crippen LogP) is -0.360. The Morgan fingerprint density at radius 2 is 1.91 bits per heavy atom. The van der Waals surface area contributed by atoms with Crippen LogP contribution in [0.1, 0.15) is 0 Å². The summed E-state index contributed by atoms with van der Waals surface area (Å²) in [6, 6.07) is 0. The maximum Gasteiger partial charge on any atom is 0.0745 e. The zero-order valence-electron chi connectivity index (χ0n) is 6.35. The van der Waals surface area contributed by atoms with Crippen molar-refractivity contribution in [2.75, 3.05) is 27.2 Å². The summed E-state index contributed by atoms with van der Waals surface area (Å²) in [4.78, 5) is 7.90. The highest BCUT2D eigenvalue weighted by Crippen LogP contribution is 1.88. The van der Waals surface area contributed by atoms with Crippen molar-refractivity contribution in [1.29, 1.82) is 0 Å². The molecule has 0 saturated carbocycles. The average Bonchev–Trinajstić information content (AvgIpc) is 1.97. The van der Waals surface area contributed by atoms with Gasteiger partial charge in [0, 0.05) is 6.54 Å². The van der Waals surface area contributed by atoms with Gasteiger partial charge in [0.1, 0.15) is 0 Å². The van der Waals surface area contributed by atoms with Crippen molar-refractivity contribution in [3.63, 3.8) is 0 Å². The van der Waals surface area contributed by atoms with Gasteiger partial charge in [-0.2, -0.15) is 0 Å². The molecule has 68 valence electrons. The van der Waals surface area contributed by atoms with Gasteiger partial charge in [-0.1, -0.05) is 0 Å². The van der Waals surface area contributed by atoms with Gasteiger partial charge in [0.15, 0.2) is 0 Å². The van der Waals surface area contributed by atoms with Gasteiger partial charge in [-0.05, 0) is 18.6 Å². The molecule has 0 aliphatic heterocycles. The van der Waals surface area contributed by atoms with Crippen molar-refractivity contribution < 1.29 is 14.9 Å². The van der Waals surface area contributed by atoms with Crippen LogP contribution < -0.4 is 0 Å². The summed E-state index contributed by atoms with van der Waals surface area (Å²) in [5.74, 6) is 0. The van der Waals surface area contributed by atoms with Crippen molar-refractivity contribution >= 4 is 0 Å². The number of hydrogen-bond acceptors (Lipinski definition) is 7. The average molecular weight is 166 g/mol. The highest BCUT2D eigenvalue weighted by molar-refractivity contribution is 4.51. The zero-order chi connectivity index (χ0) is 8.69. The van der Waals surface area contributed by atoms with E-state index in [0.717, 1.165) is 0 Å². The van der Waals surface area contributed by atoms with Crippen LogP contribution in [0.4, 0.5) is 0 Å². The van der Waals surface area contributed by atoms with Crippen LogP contribution in [0.5, 0.6) is 0 Å². The third-order valence-electron chi connectivity index (χ3n) is 0.779. The fourth-order valence-electron chi connectivity index (χ4n) is 0.324. The van der Waals surface area contributed by atoms with Crippen molar-refractivity contribution in [2.45, 2.75) is 0 Å². The molecule has 0 aromatic rings. The van der Waals surface area contributed by atoms with Crippen molar-refractivity contribution in [3.8, 4) is 0 Å². The Hall–Kier alpha value is -0.280. The van der Waals surface area contributed by atoms with E-state index in [4.69, 9.17) is 0 Å². The molecule has 0 bridgehead atoms. The normalized spacial score (nSPS) is 11.5. The van der Waals surface area contributed by atoms with Crippen LogP contribution in [-0.2, 0) is 14.9 Å². The summed E-state index contributed by atoms with van der Waals surface area (Å²) in [6.07, 6.45) is 0. The van der Waals surface area contributed by atoms with Crippen molar-refractivity contribution in [1.82, 2.24) is 10.3 Å². The number of hydrogen-bond donors (Lipinski definition) is 0. The van der Waals surface area contributed by atoms with Gasteiger partial charge in [-0.25, -0.2) is 10.1 Å². The Balaban J connectivity index is 3.15. The molecule has 0 radical (unpaired) electrons. The van der Waals surface area contributed by atoms with Crippen molar-refractivity contribution in [2.24, 2.45) is 0 Å². The van der Waals surface area contributed by atoms with Gasteiger partial charge >= 0.3 is 0 Å². The lowest BCUT2D eigenvalue weighted by Crippen LogP contribution is -2.26. The van der Waals surface area contributed by atoms with Crippen LogP contribution in [0.2, 0.25) is 0 Å². The second-order valence-electron chi connectivity index (χ2n) is 1.72. The van der Waals surface area contributed by atoms with Gasteiger partial charge in [0.2, 0.25) is 0 Å². The van der Waals surface area contributed by atoms with Gasteiger partial charge in [0.25, 0.3) is 0 Å². The smallest absolute Gasteiger partial charge is 0.0745 e. The molecule has 11 heavy (non-hydrogen) atoms. The van der Waals surface area contributed by atoms with E-state index in [9.17, 15) is 10.4 Å². The fourth-order valence-corrected chi connectivity index (χ4v) is 0.324. The summed E-state index contributed by atoms with van der Waals surface area (Å²) in [7, 11) is 2.48. The number of nitrogens with zero attached hydrogens (tertiary/aromatic N) is 2. The molecule has 0 unspecified atom stereocenters. The molecule has 0 fully saturated rings. The van der Waals surface area contributed by atoms with Gasteiger partial charge in [0.05, 0.1) is 7.11 Å². The molecule has 0 aliphatic rings. The molecule has 7 nitrogen and oxygen atoms in total. The van der Waals surface area contributed by atoms with Gasteiger partial charge in [-0.3, -0.25) is 0 Å². The predicted molar refractivity (Wildman–Crippen MR) is 35.2 cm³/mol. The maximum absolute atomic E-state index is 10.4. The molecule has 0 saturated heterocycles. The minimum Gasteiger partial charge on any atom is -0.785 e. The topological polar surface area (TPSA) is 80.3 Å². The van der Waals surface area contributed by atoms with E-state index >= 15 is 0 Å². The first-order chi connectivity index (χ1) is 5.16. The Morgan fingerprint density at radius 1 is 1.27 bits per heavy atom. The third-order valence-corrected chi connectivity index (χ3v) is 0.779. The third kappa shape index (κ3) is 7.62. The van der Waals surface area contributed by atoms with Crippen LogP contribution in [0.25, 0.3) is 0 Å². The number of likely N-dealkylation sites (N-methyl/N-ethyl adjacent to an activating group) is 1. The largest absolute Gasteiger partial charge is 0.785 e. The van der Waals surface area contributed by atoms with E-state index in [1.54, 1.807) is 0 Å². The number of rotatable bonds is 6. The highest BCUT2D eigenvalue weighted by Gasteiger charge is 1.91. The monoisotopic (exact) mass is 166 g/mol.